The van der Waals surface area contributed by atoms with Crippen molar-refractivity contribution >= 4 is 27.5 Å². The molecule has 0 atom stereocenters. The van der Waals surface area contributed by atoms with Crippen molar-refractivity contribution in [2.75, 3.05) is 25.5 Å². The van der Waals surface area contributed by atoms with Crippen LogP contribution in [0.2, 0.25) is 0 Å². The molecule has 0 unspecified atom stereocenters. The van der Waals surface area contributed by atoms with Gasteiger partial charge in [-0.2, -0.15) is 0 Å². The first-order valence-electron chi connectivity index (χ1n) is 7.45. The maximum atomic E-state index is 12.4. The Morgan fingerprint density at radius 1 is 1.43 bits per heavy atom. The summed E-state index contributed by atoms with van der Waals surface area (Å²) in [6.45, 7) is 1.92. The van der Waals surface area contributed by atoms with Crippen LogP contribution in [-0.2, 0) is 0 Å². The molecular weight excluding hydrogens is 362 g/mol. The fourth-order valence-electron chi connectivity index (χ4n) is 2.59. The van der Waals surface area contributed by atoms with Gasteiger partial charge in [0.25, 0.3) is 5.91 Å². The molecular formula is C15H18BrN5O2. The number of piperidine rings is 1. The lowest BCUT2D eigenvalue weighted by molar-refractivity contribution is 0.102. The number of halogens is 1. The van der Waals surface area contributed by atoms with Crippen LogP contribution < -0.4 is 15.4 Å². The minimum Gasteiger partial charge on any atom is -0.495 e. The van der Waals surface area contributed by atoms with Crippen LogP contribution in [0.3, 0.4) is 0 Å². The molecule has 0 saturated carbocycles. The SMILES string of the molecule is COc1ccc(Br)cc1NC(=O)c1cn(C2CCNCC2)nn1. The lowest BCUT2D eigenvalue weighted by Crippen LogP contribution is -2.29. The highest BCUT2D eigenvalue weighted by Gasteiger charge is 2.19. The Balaban J connectivity index is 1.73. The number of aromatic nitrogens is 3. The van der Waals surface area contributed by atoms with E-state index in [4.69, 9.17) is 4.74 Å². The molecule has 0 radical (unpaired) electrons. The van der Waals surface area contributed by atoms with Gasteiger partial charge in [0.2, 0.25) is 0 Å². The summed E-state index contributed by atoms with van der Waals surface area (Å²) >= 11 is 3.38. The summed E-state index contributed by atoms with van der Waals surface area (Å²) in [5, 5.41) is 14.2. The Labute approximate surface area is 142 Å². The average molecular weight is 380 g/mol. The van der Waals surface area contributed by atoms with E-state index in [9.17, 15) is 4.79 Å². The number of hydrogen-bond acceptors (Lipinski definition) is 5. The molecule has 3 rings (SSSR count). The van der Waals surface area contributed by atoms with Crippen molar-refractivity contribution in [3.8, 4) is 5.75 Å². The molecule has 7 nitrogen and oxygen atoms in total. The molecule has 8 heteroatoms. The van der Waals surface area contributed by atoms with E-state index in [0.717, 1.165) is 30.4 Å². The van der Waals surface area contributed by atoms with Gasteiger partial charge in [-0.25, -0.2) is 4.68 Å². The Morgan fingerprint density at radius 2 is 2.22 bits per heavy atom. The van der Waals surface area contributed by atoms with Crippen molar-refractivity contribution in [3.63, 3.8) is 0 Å². The minimum absolute atomic E-state index is 0.297. The number of carbonyl (C=O) groups excluding carboxylic acids is 1. The van der Waals surface area contributed by atoms with E-state index in [1.807, 2.05) is 6.07 Å². The topological polar surface area (TPSA) is 81.1 Å². The Kier molecular flexibility index (Phi) is 4.92. The molecule has 1 aliphatic heterocycles. The number of nitrogens with one attached hydrogen (secondary N) is 2. The molecule has 0 bridgehead atoms. The maximum absolute atomic E-state index is 12.4. The van der Waals surface area contributed by atoms with E-state index in [-0.39, 0.29) is 5.91 Å². The number of rotatable bonds is 4. The van der Waals surface area contributed by atoms with Gasteiger partial charge in [0, 0.05) is 4.47 Å². The summed E-state index contributed by atoms with van der Waals surface area (Å²) in [5.74, 6) is 0.286. The zero-order chi connectivity index (χ0) is 16.2. The lowest BCUT2D eigenvalue weighted by Gasteiger charge is -2.22. The quantitative estimate of drug-likeness (QED) is 0.850. The van der Waals surface area contributed by atoms with Gasteiger partial charge in [-0.05, 0) is 44.1 Å². The van der Waals surface area contributed by atoms with Crippen LogP contribution in [0.4, 0.5) is 5.69 Å². The zero-order valence-corrected chi connectivity index (χ0v) is 14.3. The van der Waals surface area contributed by atoms with Gasteiger partial charge < -0.3 is 15.4 Å². The lowest BCUT2D eigenvalue weighted by atomic mass is 10.1. The largest absolute Gasteiger partial charge is 0.495 e. The predicted octanol–water partition coefficient (Wildman–Crippen LogP) is 2.23. The highest BCUT2D eigenvalue weighted by molar-refractivity contribution is 9.10. The van der Waals surface area contributed by atoms with Gasteiger partial charge in [0.1, 0.15) is 5.75 Å². The Hall–Kier alpha value is -1.93. The third kappa shape index (κ3) is 3.70. The number of methoxy groups -OCH3 is 1. The fraction of sp³-hybridized carbons (Fsp3) is 0.400. The van der Waals surface area contributed by atoms with Gasteiger partial charge >= 0.3 is 0 Å². The molecule has 2 aromatic rings. The zero-order valence-electron chi connectivity index (χ0n) is 12.8. The van der Waals surface area contributed by atoms with Crippen LogP contribution in [-0.4, -0.2) is 41.1 Å². The summed E-state index contributed by atoms with van der Waals surface area (Å²) in [5.41, 5.74) is 0.883. The third-order valence-electron chi connectivity index (χ3n) is 3.84. The van der Waals surface area contributed by atoms with E-state index in [1.165, 1.54) is 0 Å². The molecule has 1 aromatic heterocycles. The predicted molar refractivity (Wildman–Crippen MR) is 89.8 cm³/mol. The summed E-state index contributed by atoms with van der Waals surface area (Å²) in [6, 6.07) is 5.72. The summed E-state index contributed by atoms with van der Waals surface area (Å²) in [7, 11) is 1.56. The highest BCUT2D eigenvalue weighted by atomic mass is 79.9. The van der Waals surface area contributed by atoms with Crippen molar-refractivity contribution in [2.24, 2.45) is 0 Å². The number of benzene rings is 1. The minimum atomic E-state index is -0.304. The van der Waals surface area contributed by atoms with Gasteiger partial charge in [0.05, 0.1) is 25.0 Å². The van der Waals surface area contributed by atoms with Gasteiger partial charge in [0.15, 0.2) is 5.69 Å². The molecule has 1 amide bonds. The maximum Gasteiger partial charge on any atom is 0.277 e. The van der Waals surface area contributed by atoms with Crippen LogP contribution in [0.1, 0.15) is 29.4 Å². The monoisotopic (exact) mass is 379 g/mol. The smallest absolute Gasteiger partial charge is 0.277 e. The first-order chi connectivity index (χ1) is 11.2. The fourth-order valence-corrected chi connectivity index (χ4v) is 2.96. The molecule has 122 valence electrons. The van der Waals surface area contributed by atoms with Crippen molar-refractivity contribution in [1.29, 1.82) is 0 Å². The summed E-state index contributed by atoms with van der Waals surface area (Å²) < 4.78 is 7.89. The third-order valence-corrected chi connectivity index (χ3v) is 4.33. The van der Waals surface area contributed by atoms with Crippen molar-refractivity contribution in [2.45, 2.75) is 18.9 Å². The van der Waals surface area contributed by atoms with E-state index in [1.54, 1.807) is 30.1 Å². The molecule has 0 aliphatic carbocycles. The van der Waals surface area contributed by atoms with E-state index in [0.29, 0.717) is 23.2 Å². The van der Waals surface area contributed by atoms with E-state index in [2.05, 4.69) is 36.9 Å². The second-order valence-electron chi connectivity index (χ2n) is 5.36. The second kappa shape index (κ2) is 7.10. The first-order valence-corrected chi connectivity index (χ1v) is 8.24. The number of anilines is 1. The van der Waals surface area contributed by atoms with Gasteiger partial charge in [-0.1, -0.05) is 21.1 Å². The van der Waals surface area contributed by atoms with Gasteiger partial charge in [-0.3, -0.25) is 4.79 Å². The average Bonchev–Trinajstić information content (AvgIpc) is 3.06. The molecule has 2 N–H and O–H groups in total. The molecule has 1 saturated heterocycles. The first kappa shape index (κ1) is 15.9. The number of nitrogens with zero attached hydrogens (tertiary/aromatic N) is 3. The molecule has 1 aliphatic rings. The summed E-state index contributed by atoms with van der Waals surface area (Å²) in [6.07, 6.45) is 3.68. The van der Waals surface area contributed by atoms with E-state index < -0.39 is 0 Å². The standard InChI is InChI=1S/C15H18BrN5O2/c1-23-14-3-2-10(16)8-12(14)18-15(22)13-9-21(20-19-13)11-4-6-17-7-5-11/h2-3,8-9,11,17H,4-7H2,1H3,(H,18,22). The molecule has 0 spiro atoms. The number of ether oxygens (including phenoxy) is 1. The Bertz CT molecular complexity index is 697. The number of amides is 1. The molecule has 1 aromatic carbocycles. The van der Waals surface area contributed by atoms with Crippen LogP contribution in [0.5, 0.6) is 5.75 Å². The van der Waals surface area contributed by atoms with Crippen molar-refractivity contribution in [3.05, 3.63) is 34.6 Å². The Morgan fingerprint density at radius 3 is 2.96 bits per heavy atom. The number of carbonyl (C=O) groups is 1. The van der Waals surface area contributed by atoms with Crippen molar-refractivity contribution in [1.82, 2.24) is 20.3 Å². The van der Waals surface area contributed by atoms with Crippen LogP contribution >= 0.6 is 15.9 Å². The molecule has 23 heavy (non-hydrogen) atoms. The van der Waals surface area contributed by atoms with Gasteiger partial charge in [-0.15, -0.1) is 5.10 Å². The molecule has 2 heterocycles. The summed E-state index contributed by atoms with van der Waals surface area (Å²) in [4.78, 5) is 12.4. The normalized spacial score (nSPS) is 15.4. The van der Waals surface area contributed by atoms with Crippen LogP contribution in [0.15, 0.2) is 28.9 Å². The molecule has 1 fully saturated rings. The van der Waals surface area contributed by atoms with E-state index >= 15 is 0 Å². The second-order valence-corrected chi connectivity index (χ2v) is 6.28. The van der Waals surface area contributed by atoms with Crippen LogP contribution in [0, 0.1) is 0 Å². The van der Waals surface area contributed by atoms with Crippen molar-refractivity contribution < 1.29 is 9.53 Å². The number of hydrogen-bond donors (Lipinski definition) is 2. The van der Waals surface area contributed by atoms with Crippen LogP contribution in [0.25, 0.3) is 0 Å². The highest BCUT2D eigenvalue weighted by Crippen LogP contribution is 2.28.